The van der Waals surface area contributed by atoms with Gasteiger partial charge in [-0.25, -0.2) is 14.8 Å². The summed E-state index contributed by atoms with van der Waals surface area (Å²) in [7, 11) is 0. The molecule has 6 heteroatoms. The maximum atomic E-state index is 11.3. The van der Waals surface area contributed by atoms with E-state index in [2.05, 4.69) is 19.9 Å². The molecule has 0 aliphatic carbocycles. The van der Waals surface area contributed by atoms with Crippen LogP contribution in [0, 0.1) is 13.8 Å². The van der Waals surface area contributed by atoms with Gasteiger partial charge in [-0.2, -0.15) is 0 Å². The first kappa shape index (κ1) is 12.3. The molecule has 20 heavy (non-hydrogen) atoms. The number of carbonyl (C=O) groups is 1. The summed E-state index contributed by atoms with van der Waals surface area (Å²) >= 11 is 0. The molecule has 0 saturated carbocycles. The highest BCUT2D eigenvalue weighted by Gasteiger charge is 2.19. The zero-order valence-corrected chi connectivity index (χ0v) is 11.0. The molecule has 0 unspecified atom stereocenters. The number of pyridine rings is 1. The Hall–Kier alpha value is -2.76. The van der Waals surface area contributed by atoms with Crippen molar-refractivity contribution in [1.29, 1.82) is 0 Å². The summed E-state index contributed by atoms with van der Waals surface area (Å²) in [6.07, 6.45) is 3.13. The van der Waals surface area contributed by atoms with Crippen LogP contribution in [0.1, 0.15) is 21.9 Å². The van der Waals surface area contributed by atoms with E-state index in [4.69, 9.17) is 0 Å². The van der Waals surface area contributed by atoms with Crippen LogP contribution >= 0.6 is 0 Å². The molecule has 0 bridgehead atoms. The van der Waals surface area contributed by atoms with Gasteiger partial charge in [0.05, 0.1) is 16.6 Å². The lowest BCUT2D eigenvalue weighted by molar-refractivity contribution is 0.0699. The van der Waals surface area contributed by atoms with Gasteiger partial charge in [-0.3, -0.25) is 4.98 Å². The fourth-order valence-electron chi connectivity index (χ4n) is 2.24. The Balaban J connectivity index is 2.42. The maximum absolute atomic E-state index is 11.3. The normalized spacial score (nSPS) is 10.9. The van der Waals surface area contributed by atoms with E-state index in [0.29, 0.717) is 22.6 Å². The standard InChI is InChI=1S/C14H12N4O2/c1-7-9(4-3-5-15-7)12-11-10(14(19)20)6-16-13(11)18-8(2)17-12/h3-6H,1-2H3,(H,19,20)(H,16,17,18). The van der Waals surface area contributed by atoms with E-state index >= 15 is 0 Å². The average molecular weight is 268 g/mol. The summed E-state index contributed by atoms with van der Waals surface area (Å²) in [5.41, 5.74) is 2.89. The molecule has 3 heterocycles. The highest BCUT2D eigenvalue weighted by Crippen LogP contribution is 2.30. The number of fused-ring (bicyclic) bond motifs is 1. The number of aromatic nitrogens is 4. The quantitative estimate of drug-likeness (QED) is 0.744. The topological polar surface area (TPSA) is 91.8 Å². The van der Waals surface area contributed by atoms with Gasteiger partial charge in [0.1, 0.15) is 11.5 Å². The van der Waals surface area contributed by atoms with Crippen molar-refractivity contribution in [3.05, 3.63) is 41.6 Å². The van der Waals surface area contributed by atoms with Crippen LogP contribution in [0.5, 0.6) is 0 Å². The van der Waals surface area contributed by atoms with Gasteiger partial charge in [0.2, 0.25) is 0 Å². The Morgan fingerprint density at radius 2 is 2.10 bits per heavy atom. The predicted molar refractivity (Wildman–Crippen MR) is 73.6 cm³/mol. The van der Waals surface area contributed by atoms with Gasteiger partial charge >= 0.3 is 5.97 Å². The third kappa shape index (κ3) is 1.82. The van der Waals surface area contributed by atoms with Gasteiger partial charge in [-0.05, 0) is 26.0 Å². The van der Waals surface area contributed by atoms with Crippen LogP contribution in [0.25, 0.3) is 22.3 Å². The van der Waals surface area contributed by atoms with Crippen molar-refractivity contribution >= 4 is 17.0 Å². The number of aromatic amines is 1. The van der Waals surface area contributed by atoms with Crippen molar-refractivity contribution in [2.24, 2.45) is 0 Å². The number of hydrogen-bond acceptors (Lipinski definition) is 4. The summed E-state index contributed by atoms with van der Waals surface area (Å²) in [6, 6.07) is 3.68. The molecule has 3 aromatic rings. The van der Waals surface area contributed by atoms with Crippen LogP contribution in [-0.4, -0.2) is 31.0 Å². The molecule has 3 aromatic heterocycles. The van der Waals surface area contributed by atoms with Gasteiger partial charge in [-0.1, -0.05) is 0 Å². The van der Waals surface area contributed by atoms with E-state index in [1.807, 2.05) is 13.0 Å². The first-order valence-electron chi connectivity index (χ1n) is 6.09. The first-order valence-corrected chi connectivity index (χ1v) is 6.09. The van der Waals surface area contributed by atoms with Gasteiger partial charge < -0.3 is 10.1 Å². The van der Waals surface area contributed by atoms with Gasteiger partial charge in [0.25, 0.3) is 0 Å². The molecule has 0 aliphatic rings. The minimum Gasteiger partial charge on any atom is -0.478 e. The number of H-pyrrole nitrogens is 1. The average Bonchev–Trinajstić information content (AvgIpc) is 2.82. The highest BCUT2D eigenvalue weighted by atomic mass is 16.4. The fraction of sp³-hybridized carbons (Fsp3) is 0.143. The smallest absolute Gasteiger partial charge is 0.338 e. The number of hydrogen-bond donors (Lipinski definition) is 2. The van der Waals surface area contributed by atoms with Crippen molar-refractivity contribution in [2.45, 2.75) is 13.8 Å². The lowest BCUT2D eigenvalue weighted by Gasteiger charge is -2.07. The van der Waals surface area contributed by atoms with E-state index in [0.717, 1.165) is 11.3 Å². The van der Waals surface area contributed by atoms with Gasteiger partial charge in [-0.15, -0.1) is 0 Å². The van der Waals surface area contributed by atoms with Crippen LogP contribution in [-0.2, 0) is 0 Å². The lowest BCUT2D eigenvalue weighted by atomic mass is 10.1. The summed E-state index contributed by atoms with van der Waals surface area (Å²) in [5, 5.41) is 9.80. The third-order valence-electron chi connectivity index (χ3n) is 3.14. The van der Waals surface area contributed by atoms with E-state index in [-0.39, 0.29) is 5.56 Å². The highest BCUT2D eigenvalue weighted by molar-refractivity contribution is 6.07. The Morgan fingerprint density at radius 1 is 1.30 bits per heavy atom. The number of carboxylic acids is 1. The summed E-state index contributed by atoms with van der Waals surface area (Å²) in [4.78, 5) is 27.1. The van der Waals surface area contributed by atoms with E-state index in [1.165, 1.54) is 6.20 Å². The number of rotatable bonds is 2. The maximum Gasteiger partial charge on any atom is 0.338 e. The Bertz CT molecular complexity index is 823. The molecule has 0 amide bonds. The van der Waals surface area contributed by atoms with Crippen molar-refractivity contribution in [1.82, 2.24) is 19.9 Å². The SMILES string of the molecule is Cc1nc(-c2cccnc2C)c2c(C(=O)O)c[nH]c2n1. The Morgan fingerprint density at radius 3 is 2.80 bits per heavy atom. The largest absolute Gasteiger partial charge is 0.478 e. The second-order valence-electron chi connectivity index (χ2n) is 4.49. The van der Waals surface area contributed by atoms with E-state index in [1.54, 1.807) is 19.2 Å². The van der Waals surface area contributed by atoms with Crippen molar-refractivity contribution in [3.63, 3.8) is 0 Å². The van der Waals surface area contributed by atoms with Gasteiger partial charge in [0, 0.05) is 23.7 Å². The molecule has 3 rings (SSSR count). The molecule has 0 spiro atoms. The predicted octanol–water partition coefficient (Wildman–Crippen LogP) is 2.33. The molecular formula is C14H12N4O2. The number of aryl methyl sites for hydroxylation is 2. The van der Waals surface area contributed by atoms with Crippen molar-refractivity contribution < 1.29 is 9.90 Å². The zero-order valence-electron chi connectivity index (χ0n) is 11.0. The molecule has 0 fully saturated rings. The molecule has 0 radical (unpaired) electrons. The van der Waals surface area contributed by atoms with Gasteiger partial charge in [0.15, 0.2) is 0 Å². The molecule has 2 N–H and O–H groups in total. The number of nitrogens with one attached hydrogen (secondary N) is 1. The number of carboxylic acid groups (broad SMARTS) is 1. The second-order valence-corrected chi connectivity index (χ2v) is 4.49. The van der Waals surface area contributed by atoms with E-state index in [9.17, 15) is 9.90 Å². The summed E-state index contributed by atoms with van der Waals surface area (Å²) in [5.74, 6) is -0.430. The minimum atomic E-state index is -1.01. The van der Waals surface area contributed by atoms with Crippen molar-refractivity contribution in [2.75, 3.05) is 0 Å². The molecule has 100 valence electrons. The van der Waals surface area contributed by atoms with Crippen molar-refractivity contribution in [3.8, 4) is 11.3 Å². The zero-order chi connectivity index (χ0) is 14.3. The Kier molecular flexibility index (Phi) is 2.71. The van der Waals surface area contributed by atoms with Crippen LogP contribution in [0.3, 0.4) is 0 Å². The molecule has 0 aliphatic heterocycles. The minimum absolute atomic E-state index is 0.165. The van der Waals surface area contributed by atoms with Crippen LogP contribution in [0.2, 0.25) is 0 Å². The fourth-order valence-corrected chi connectivity index (χ4v) is 2.24. The van der Waals surface area contributed by atoms with E-state index < -0.39 is 5.97 Å². The lowest BCUT2D eigenvalue weighted by Crippen LogP contribution is -2.00. The van der Waals surface area contributed by atoms with Crippen LogP contribution < -0.4 is 0 Å². The Labute approximate surface area is 114 Å². The molecular weight excluding hydrogens is 256 g/mol. The first-order chi connectivity index (χ1) is 9.58. The van der Waals surface area contributed by atoms with Crippen LogP contribution in [0.15, 0.2) is 24.5 Å². The van der Waals surface area contributed by atoms with Crippen LogP contribution in [0.4, 0.5) is 0 Å². The molecule has 0 atom stereocenters. The molecule has 6 nitrogen and oxygen atoms in total. The summed E-state index contributed by atoms with van der Waals surface area (Å²) < 4.78 is 0. The second kappa shape index (κ2) is 4.41. The number of aromatic carboxylic acids is 1. The third-order valence-corrected chi connectivity index (χ3v) is 3.14. The summed E-state index contributed by atoms with van der Waals surface area (Å²) in [6.45, 7) is 3.64. The monoisotopic (exact) mass is 268 g/mol. The number of nitrogens with zero attached hydrogens (tertiary/aromatic N) is 3. The molecule has 0 saturated heterocycles. The molecule has 0 aromatic carbocycles.